The predicted molar refractivity (Wildman–Crippen MR) is 114 cm³/mol. The molecule has 1 aliphatic rings. The molecule has 0 radical (unpaired) electrons. The average Bonchev–Trinajstić information content (AvgIpc) is 3.11. The van der Waals surface area contributed by atoms with Crippen LogP contribution in [0.5, 0.6) is 0 Å². The van der Waals surface area contributed by atoms with Crippen LogP contribution in [0.25, 0.3) is 0 Å². The number of rotatable bonds is 6. The van der Waals surface area contributed by atoms with E-state index in [4.69, 9.17) is 0 Å². The number of amides is 3. The molecule has 30 heavy (non-hydrogen) atoms. The Bertz CT molecular complexity index is 995. The van der Waals surface area contributed by atoms with Gasteiger partial charge >= 0.3 is 0 Å². The van der Waals surface area contributed by atoms with Crippen molar-refractivity contribution in [2.45, 2.75) is 19.4 Å². The smallest absolute Gasteiger partial charge is 0.270 e. The molecule has 0 saturated carbocycles. The van der Waals surface area contributed by atoms with Crippen LogP contribution in [0, 0.1) is 0 Å². The summed E-state index contributed by atoms with van der Waals surface area (Å²) in [7, 11) is 0. The van der Waals surface area contributed by atoms with E-state index in [0.29, 0.717) is 5.56 Å². The fourth-order valence-corrected chi connectivity index (χ4v) is 3.34. The molecule has 0 atom stereocenters. The summed E-state index contributed by atoms with van der Waals surface area (Å²) in [5.74, 6) is -0.561. The van der Waals surface area contributed by atoms with Gasteiger partial charge in [0.15, 0.2) is 0 Å². The number of nitrogens with zero attached hydrogens (tertiary/aromatic N) is 2. The fraction of sp³-hybridized carbons (Fsp3) is 0.125. The highest BCUT2D eigenvalue weighted by Crippen LogP contribution is 2.23. The molecule has 1 heterocycles. The van der Waals surface area contributed by atoms with Gasteiger partial charge in [0, 0.05) is 18.4 Å². The van der Waals surface area contributed by atoms with Gasteiger partial charge in [0.1, 0.15) is 0 Å². The fourth-order valence-electron chi connectivity index (χ4n) is 3.34. The Labute approximate surface area is 174 Å². The molecule has 6 heteroatoms. The second-order valence-electron chi connectivity index (χ2n) is 7.02. The number of carbonyl (C=O) groups excluding carboxylic acids is 3. The lowest BCUT2D eigenvalue weighted by atomic mass is 10.1. The van der Waals surface area contributed by atoms with Crippen molar-refractivity contribution in [3.63, 3.8) is 0 Å². The molecule has 1 fully saturated rings. The van der Waals surface area contributed by atoms with E-state index in [2.05, 4.69) is 5.43 Å². The van der Waals surface area contributed by atoms with Crippen LogP contribution in [0.3, 0.4) is 0 Å². The zero-order chi connectivity index (χ0) is 20.9. The van der Waals surface area contributed by atoms with E-state index in [1.165, 1.54) is 4.90 Å². The van der Waals surface area contributed by atoms with E-state index in [-0.39, 0.29) is 37.1 Å². The Morgan fingerprint density at radius 2 is 1.27 bits per heavy atom. The van der Waals surface area contributed by atoms with Crippen molar-refractivity contribution in [3.8, 4) is 0 Å². The number of imide groups is 1. The number of benzene rings is 3. The minimum atomic E-state index is -0.261. The summed E-state index contributed by atoms with van der Waals surface area (Å²) in [5, 5.41) is 1.73. The van der Waals surface area contributed by atoms with Crippen LogP contribution in [0.4, 0.5) is 11.4 Å². The minimum Gasteiger partial charge on any atom is -0.278 e. The second-order valence-corrected chi connectivity index (χ2v) is 7.02. The van der Waals surface area contributed by atoms with Crippen LogP contribution < -0.4 is 10.4 Å². The van der Waals surface area contributed by atoms with Crippen molar-refractivity contribution in [2.75, 3.05) is 5.01 Å². The molecule has 0 unspecified atom stereocenters. The van der Waals surface area contributed by atoms with Crippen molar-refractivity contribution in [1.82, 2.24) is 10.3 Å². The number of anilines is 2. The number of para-hydroxylation sites is 2. The number of hydrogen-bond acceptors (Lipinski definition) is 4. The lowest BCUT2D eigenvalue weighted by Crippen LogP contribution is -2.38. The van der Waals surface area contributed by atoms with Gasteiger partial charge in [0.2, 0.25) is 11.8 Å². The number of hydrazine groups is 1. The van der Waals surface area contributed by atoms with E-state index in [1.54, 1.807) is 29.3 Å². The van der Waals surface area contributed by atoms with Crippen LogP contribution in [-0.4, -0.2) is 22.6 Å². The standard InChI is InChI=1S/C24H21N3O3/c28-22-15-16-23(29)26(22)17-18-11-13-19(14-12-18)24(30)25-27(20-7-3-1-4-8-20)21-9-5-2-6-10-21/h1-14H,15-17H2,(H,25,30). The lowest BCUT2D eigenvalue weighted by molar-refractivity contribution is -0.139. The highest BCUT2D eigenvalue weighted by molar-refractivity contribution is 6.02. The van der Waals surface area contributed by atoms with Crippen LogP contribution in [-0.2, 0) is 16.1 Å². The van der Waals surface area contributed by atoms with Gasteiger partial charge in [-0.05, 0) is 42.0 Å². The van der Waals surface area contributed by atoms with E-state index < -0.39 is 0 Å². The molecule has 3 aromatic carbocycles. The summed E-state index contributed by atoms with van der Waals surface area (Å²) < 4.78 is 0. The molecule has 1 saturated heterocycles. The van der Waals surface area contributed by atoms with Crippen molar-refractivity contribution < 1.29 is 14.4 Å². The van der Waals surface area contributed by atoms with Gasteiger partial charge < -0.3 is 0 Å². The molecular formula is C24H21N3O3. The van der Waals surface area contributed by atoms with Crippen molar-refractivity contribution >= 4 is 29.1 Å². The van der Waals surface area contributed by atoms with Gasteiger partial charge in [0.25, 0.3) is 5.91 Å². The van der Waals surface area contributed by atoms with Crippen LogP contribution in [0.2, 0.25) is 0 Å². The monoisotopic (exact) mass is 399 g/mol. The first-order valence-electron chi connectivity index (χ1n) is 9.75. The number of nitrogens with one attached hydrogen (secondary N) is 1. The molecule has 3 aromatic rings. The first-order valence-corrected chi connectivity index (χ1v) is 9.75. The first kappa shape index (κ1) is 19.4. The van der Waals surface area contributed by atoms with Crippen LogP contribution >= 0.6 is 0 Å². The Balaban J connectivity index is 1.50. The molecule has 150 valence electrons. The normalized spacial score (nSPS) is 13.4. The highest BCUT2D eigenvalue weighted by Gasteiger charge is 2.28. The van der Waals surface area contributed by atoms with Crippen molar-refractivity contribution in [2.24, 2.45) is 0 Å². The van der Waals surface area contributed by atoms with Gasteiger partial charge in [0.05, 0.1) is 17.9 Å². The average molecular weight is 399 g/mol. The topological polar surface area (TPSA) is 69.7 Å². The summed E-state index contributed by atoms with van der Waals surface area (Å²) in [6.07, 6.45) is 0.544. The molecule has 1 aliphatic heterocycles. The van der Waals surface area contributed by atoms with Gasteiger partial charge in [-0.3, -0.25) is 29.7 Å². The summed E-state index contributed by atoms with van der Waals surface area (Å²) >= 11 is 0. The predicted octanol–water partition coefficient (Wildman–Crippen LogP) is 3.82. The third kappa shape index (κ3) is 4.22. The third-order valence-electron chi connectivity index (χ3n) is 4.95. The van der Waals surface area contributed by atoms with Crippen LogP contribution in [0.1, 0.15) is 28.8 Å². The molecule has 0 aliphatic carbocycles. The van der Waals surface area contributed by atoms with Crippen LogP contribution in [0.15, 0.2) is 84.9 Å². The molecule has 3 amide bonds. The largest absolute Gasteiger partial charge is 0.278 e. The molecule has 4 rings (SSSR count). The summed E-state index contributed by atoms with van der Waals surface area (Å²) in [6, 6.07) is 26.1. The Morgan fingerprint density at radius 3 is 1.77 bits per heavy atom. The molecule has 0 aromatic heterocycles. The second kappa shape index (κ2) is 8.61. The van der Waals surface area contributed by atoms with Crippen molar-refractivity contribution in [3.05, 3.63) is 96.1 Å². The number of likely N-dealkylation sites (tertiary alicyclic amines) is 1. The van der Waals surface area contributed by atoms with Gasteiger partial charge in [-0.2, -0.15) is 0 Å². The zero-order valence-electron chi connectivity index (χ0n) is 16.3. The Hall–Kier alpha value is -3.93. The highest BCUT2D eigenvalue weighted by atomic mass is 16.2. The van der Waals surface area contributed by atoms with Gasteiger partial charge in [-0.25, -0.2) is 0 Å². The van der Waals surface area contributed by atoms with E-state index in [0.717, 1.165) is 16.9 Å². The SMILES string of the molecule is O=C(NN(c1ccccc1)c1ccccc1)c1ccc(CN2C(=O)CCC2=O)cc1. The Kier molecular flexibility index (Phi) is 5.57. The lowest BCUT2D eigenvalue weighted by Gasteiger charge is -2.25. The van der Waals surface area contributed by atoms with E-state index in [1.807, 2.05) is 60.7 Å². The van der Waals surface area contributed by atoms with E-state index in [9.17, 15) is 14.4 Å². The number of hydrogen-bond donors (Lipinski definition) is 1. The summed E-state index contributed by atoms with van der Waals surface area (Å²) in [4.78, 5) is 37.7. The maximum Gasteiger partial charge on any atom is 0.270 e. The molecule has 0 bridgehead atoms. The molecular weight excluding hydrogens is 378 g/mol. The van der Waals surface area contributed by atoms with Gasteiger partial charge in [-0.15, -0.1) is 0 Å². The Morgan fingerprint density at radius 1 is 0.767 bits per heavy atom. The third-order valence-corrected chi connectivity index (χ3v) is 4.95. The summed E-state index contributed by atoms with van der Waals surface area (Å²) in [6.45, 7) is 0.236. The minimum absolute atomic E-state index is 0.150. The quantitative estimate of drug-likeness (QED) is 0.505. The van der Waals surface area contributed by atoms with Gasteiger partial charge in [-0.1, -0.05) is 48.5 Å². The first-order chi connectivity index (χ1) is 14.6. The maximum absolute atomic E-state index is 12.9. The molecule has 1 N–H and O–H groups in total. The maximum atomic E-state index is 12.9. The van der Waals surface area contributed by atoms with Crippen molar-refractivity contribution in [1.29, 1.82) is 0 Å². The zero-order valence-corrected chi connectivity index (χ0v) is 16.3. The summed E-state index contributed by atoms with van der Waals surface area (Å²) in [5.41, 5.74) is 5.90. The number of carbonyl (C=O) groups is 3. The molecule has 6 nitrogen and oxygen atoms in total. The van der Waals surface area contributed by atoms with E-state index >= 15 is 0 Å². The molecule has 0 spiro atoms.